The molecule has 0 radical (unpaired) electrons. The van der Waals surface area contributed by atoms with Crippen molar-refractivity contribution in [3.8, 4) is 0 Å². The van der Waals surface area contributed by atoms with Crippen molar-refractivity contribution in [3.05, 3.63) is 47.0 Å². The van der Waals surface area contributed by atoms with Crippen LogP contribution in [0.2, 0.25) is 0 Å². The van der Waals surface area contributed by atoms with Gasteiger partial charge in [-0.25, -0.2) is 4.85 Å². The van der Waals surface area contributed by atoms with Crippen molar-refractivity contribution in [3.63, 3.8) is 0 Å². The lowest BCUT2D eigenvalue weighted by molar-refractivity contribution is -0.144. The largest absolute Gasteiger partial charge is 0.307 e. The Morgan fingerprint density at radius 1 is 1.17 bits per heavy atom. The van der Waals surface area contributed by atoms with Gasteiger partial charge in [0.05, 0.1) is 6.57 Å². The quantitative estimate of drug-likeness (QED) is 0.646. The van der Waals surface area contributed by atoms with Crippen molar-refractivity contribution in [2.45, 2.75) is 34.1 Å². The number of hydrogen-bond donors (Lipinski definition) is 0. The zero-order valence-electron chi connectivity index (χ0n) is 13.8. The Balaban J connectivity index is 2.33. The normalized spacial score (nSPS) is 38.2. The topological polar surface area (TPSA) is 55.6 Å². The average molecular weight is 309 g/mol. The van der Waals surface area contributed by atoms with Gasteiger partial charge >= 0.3 is 0 Å². The Labute approximate surface area is 135 Å². The van der Waals surface area contributed by atoms with E-state index in [2.05, 4.69) is 4.85 Å². The molecule has 23 heavy (non-hydrogen) atoms. The Bertz CT molecular complexity index is 790. The minimum atomic E-state index is -0.952. The standard InChI is InChI=1S/C19H19NO3/c1-17(2)15-13(22)10-18(3)7-6-11(21)8-14(18)19(15,4)9-12(20-5)16(17)23/h6-9,15H,10H2,1-4H3/t15?,18-,19-/m1/s1. The van der Waals surface area contributed by atoms with Crippen LogP contribution in [-0.4, -0.2) is 17.3 Å². The zero-order valence-corrected chi connectivity index (χ0v) is 13.8. The molecule has 1 saturated carbocycles. The van der Waals surface area contributed by atoms with Crippen LogP contribution >= 0.6 is 0 Å². The molecular formula is C19H19NO3. The van der Waals surface area contributed by atoms with Gasteiger partial charge in [0.2, 0.25) is 5.70 Å². The molecule has 0 amide bonds. The molecule has 1 fully saturated rings. The highest BCUT2D eigenvalue weighted by Gasteiger charge is 2.61. The maximum absolute atomic E-state index is 12.9. The number of allylic oxidation sites excluding steroid dienone is 6. The first-order chi connectivity index (χ1) is 10.6. The average Bonchev–Trinajstić information content (AvgIpc) is 2.44. The molecule has 4 heteroatoms. The Kier molecular flexibility index (Phi) is 2.97. The molecule has 3 aliphatic carbocycles. The van der Waals surface area contributed by atoms with E-state index in [0.29, 0.717) is 0 Å². The van der Waals surface area contributed by atoms with Crippen molar-refractivity contribution < 1.29 is 14.4 Å². The molecule has 0 heterocycles. The molecule has 118 valence electrons. The van der Waals surface area contributed by atoms with E-state index >= 15 is 0 Å². The molecule has 3 rings (SSSR count). The Morgan fingerprint density at radius 3 is 2.43 bits per heavy atom. The lowest BCUT2D eigenvalue weighted by Crippen LogP contribution is -2.57. The predicted molar refractivity (Wildman–Crippen MR) is 85.0 cm³/mol. The number of ketones is 3. The highest BCUT2D eigenvalue weighted by Crippen LogP contribution is 2.61. The van der Waals surface area contributed by atoms with E-state index in [1.165, 1.54) is 6.08 Å². The summed E-state index contributed by atoms with van der Waals surface area (Å²) in [5.41, 5.74) is -1.37. The summed E-state index contributed by atoms with van der Waals surface area (Å²) in [4.78, 5) is 40.8. The van der Waals surface area contributed by atoms with Crippen LogP contribution in [-0.2, 0) is 14.4 Å². The van der Waals surface area contributed by atoms with Gasteiger partial charge in [-0.1, -0.05) is 39.8 Å². The number of carbonyl (C=O) groups is 3. The molecule has 3 atom stereocenters. The van der Waals surface area contributed by atoms with Crippen LogP contribution in [0.4, 0.5) is 0 Å². The van der Waals surface area contributed by atoms with Gasteiger partial charge in [-0.3, -0.25) is 9.59 Å². The van der Waals surface area contributed by atoms with Gasteiger partial charge in [0.25, 0.3) is 0 Å². The van der Waals surface area contributed by atoms with E-state index in [9.17, 15) is 14.4 Å². The second-order valence-corrected chi connectivity index (χ2v) is 7.76. The van der Waals surface area contributed by atoms with Crippen molar-refractivity contribution in [1.29, 1.82) is 0 Å². The van der Waals surface area contributed by atoms with Crippen LogP contribution in [0.3, 0.4) is 0 Å². The van der Waals surface area contributed by atoms with Crippen molar-refractivity contribution in [1.82, 2.24) is 0 Å². The van der Waals surface area contributed by atoms with E-state index in [0.717, 1.165) is 5.57 Å². The van der Waals surface area contributed by atoms with Crippen molar-refractivity contribution >= 4 is 17.3 Å². The summed E-state index contributed by atoms with van der Waals surface area (Å²) in [5, 5.41) is 0. The minimum Gasteiger partial charge on any atom is -0.307 e. The summed E-state index contributed by atoms with van der Waals surface area (Å²) in [5.74, 6) is -0.930. The summed E-state index contributed by atoms with van der Waals surface area (Å²) in [6.45, 7) is 14.6. The first-order valence-electron chi connectivity index (χ1n) is 7.70. The lowest BCUT2D eigenvalue weighted by atomic mass is 9.46. The van der Waals surface area contributed by atoms with Gasteiger partial charge in [-0.05, 0) is 17.7 Å². The number of Topliss-reactive ketones (excluding diaryl/α,β-unsaturated/α-hetero) is 2. The molecule has 3 aliphatic rings. The number of rotatable bonds is 0. The summed E-state index contributed by atoms with van der Waals surface area (Å²) < 4.78 is 0. The highest BCUT2D eigenvalue weighted by atomic mass is 16.1. The van der Waals surface area contributed by atoms with Gasteiger partial charge in [0.1, 0.15) is 5.78 Å². The molecule has 1 unspecified atom stereocenters. The van der Waals surface area contributed by atoms with E-state index in [4.69, 9.17) is 6.57 Å². The third kappa shape index (κ3) is 1.86. The molecule has 0 aromatic carbocycles. The van der Waals surface area contributed by atoms with Crippen LogP contribution in [0.25, 0.3) is 4.85 Å². The van der Waals surface area contributed by atoms with Gasteiger partial charge in [0, 0.05) is 28.6 Å². The van der Waals surface area contributed by atoms with E-state index in [1.807, 2.05) is 13.8 Å². The Morgan fingerprint density at radius 2 is 1.83 bits per heavy atom. The van der Waals surface area contributed by atoms with Gasteiger partial charge < -0.3 is 4.79 Å². The maximum Gasteiger partial charge on any atom is 0.226 e. The smallest absolute Gasteiger partial charge is 0.226 e. The summed E-state index contributed by atoms with van der Waals surface area (Å²) >= 11 is 0. The second-order valence-electron chi connectivity index (χ2n) is 7.76. The molecule has 0 spiro atoms. The van der Waals surface area contributed by atoms with Crippen molar-refractivity contribution in [2.75, 3.05) is 0 Å². The van der Waals surface area contributed by atoms with Crippen LogP contribution in [0.1, 0.15) is 34.1 Å². The van der Waals surface area contributed by atoms with Crippen LogP contribution < -0.4 is 0 Å². The fraction of sp³-hybridized carbons (Fsp3) is 0.474. The molecule has 0 bridgehead atoms. The molecule has 0 saturated heterocycles. The van der Waals surface area contributed by atoms with Crippen LogP contribution in [0.15, 0.2) is 35.6 Å². The zero-order chi connectivity index (χ0) is 17.2. The van der Waals surface area contributed by atoms with Gasteiger partial charge in [-0.15, -0.1) is 0 Å². The van der Waals surface area contributed by atoms with E-state index < -0.39 is 22.2 Å². The monoisotopic (exact) mass is 309 g/mol. The van der Waals surface area contributed by atoms with E-state index in [1.54, 1.807) is 32.1 Å². The molecular weight excluding hydrogens is 290 g/mol. The number of hydrogen-bond acceptors (Lipinski definition) is 3. The third-order valence-electron chi connectivity index (χ3n) is 5.66. The number of nitrogens with zero attached hydrogens (tertiary/aromatic N) is 1. The minimum absolute atomic E-state index is 0.0183. The summed E-state index contributed by atoms with van der Waals surface area (Å²) in [6.07, 6.45) is 6.77. The van der Waals surface area contributed by atoms with Gasteiger partial charge in [-0.2, -0.15) is 0 Å². The highest BCUT2D eigenvalue weighted by molar-refractivity contribution is 6.08. The first-order valence-corrected chi connectivity index (χ1v) is 7.70. The van der Waals surface area contributed by atoms with E-state index in [-0.39, 0.29) is 29.5 Å². The van der Waals surface area contributed by atoms with Crippen LogP contribution in [0, 0.1) is 28.7 Å². The fourth-order valence-electron chi connectivity index (χ4n) is 4.80. The summed E-state index contributed by atoms with van der Waals surface area (Å²) in [6, 6.07) is 0. The Hall–Kier alpha value is -2.28. The fourth-order valence-corrected chi connectivity index (χ4v) is 4.80. The molecule has 0 N–H and O–H groups in total. The maximum atomic E-state index is 12.9. The molecule has 0 aliphatic heterocycles. The molecule has 0 aromatic rings. The second kappa shape index (κ2) is 4.38. The van der Waals surface area contributed by atoms with Crippen LogP contribution in [0.5, 0.6) is 0 Å². The first kappa shape index (κ1) is 15.6. The molecule has 0 aromatic heterocycles. The van der Waals surface area contributed by atoms with Gasteiger partial charge in [0.15, 0.2) is 11.6 Å². The lowest BCUT2D eigenvalue weighted by Gasteiger charge is -2.55. The molecule has 4 nitrogen and oxygen atoms in total. The SMILES string of the molecule is [C-]#[N+]C1=C[C@]2(C)C3=CC(=O)C=C[C@]3(C)CC(=O)C2C(C)(C)C1=O. The van der Waals surface area contributed by atoms with Crippen molar-refractivity contribution in [2.24, 2.45) is 22.2 Å². The summed E-state index contributed by atoms with van der Waals surface area (Å²) in [7, 11) is 0. The number of carbonyl (C=O) groups excluding carboxylic acids is 3. The predicted octanol–water partition coefficient (Wildman–Crippen LogP) is 3.07. The number of fused-ring (bicyclic) bond motifs is 3. The third-order valence-corrected chi connectivity index (χ3v) is 5.66.